The second-order valence-corrected chi connectivity index (χ2v) is 6.09. The van der Waals surface area contributed by atoms with E-state index < -0.39 is 9.84 Å². The van der Waals surface area contributed by atoms with Crippen molar-refractivity contribution in [3.63, 3.8) is 0 Å². The number of sulfone groups is 1. The first kappa shape index (κ1) is 11.7. The summed E-state index contributed by atoms with van der Waals surface area (Å²) in [5.74, 6) is 0.746. The van der Waals surface area contributed by atoms with Crippen LogP contribution >= 0.6 is 0 Å². The maximum atomic E-state index is 11.1. The standard InChI is InChI=1S/C9H17NO3S/c1-8(11)3-2-5-10-9-4-6-14(12,13)7-9/h9-10H,2-7H2,1H3. The molecule has 0 aromatic rings. The molecule has 1 fully saturated rings. The smallest absolute Gasteiger partial charge is 0.151 e. The van der Waals surface area contributed by atoms with Crippen LogP contribution in [0.3, 0.4) is 0 Å². The molecule has 0 spiro atoms. The van der Waals surface area contributed by atoms with Crippen molar-refractivity contribution in [3.05, 3.63) is 0 Å². The Hall–Kier alpha value is -0.420. The van der Waals surface area contributed by atoms with Crippen LogP contribution in [0.2, 0.25) is 0 Å². The number of nitrogens with one attached hydrogen (secondary N) is 1. The van der Waals surface area contributed by atoms with Crippen LogP contribution in [0.1, 0.15) is 26.2 Å². The summed E-state index contributed by atoms with van der Waals surface area (Å²) in [6, 6.07) is 0.104. The molecule has 4 nitrogen and oxygen atoms in total. The lowest BCUT2D eigenvalue weighted by atomic mass is 10.2. The van der Waals surface area contributed by atoms with Crippen molar-refractivity contribution in [2.75, 3.05) is 18.1 Å². The first-order chi connectivity index (χ1) is 6.49. The minimum atomic E-state index is -2.78. The van der Waals surface area contributed by atoms with Gasteiger partial charge >= 0.3 is 0 Å². The number of hydrogen-bond acceptors (Lipinski definition) is 4. The summed E-state index contributed by atoms with van der Waals surface area (Å²) in [5.41, 5.74) is 0. The maximum absolute atomic E-state index is 11.1. The predicted molar refractivity (Wildman–Crippen MR) is 55.0 cm³/mol. The van der Waals surface area contributed by atoms with Crippen molar-refractivity contribution in [1.29, 1.82) is 0 Å². The van der Waals surface area contributed by atoms with Crippen LogP contribution in [0.15, 0.2) is 0 Å². The van der Waals surface area contributed by atoms with Gasteiger partial charge in [-0.3, -0.25) is 0 Å². The number of carbonyl (C=O) groups is 1. The molecule has 0 bridgehead atoms. The number of carbonyl (C=O) groups excluding carboxylic acids is 1. The van der Waals surface area contributed by atoms with Gasteiger partial charge in [-0.25, -0.2) is 8.42 Å². The third-order valence-corrected chi connectivity index (χ3v) is 4.14. The average Bonchev–Trinajstić information content (AvgIpc) is 2.39. The SMILES string of the molecule is CC(=O)CCCNC1CCS(=O)(=O)C1. The lowest BCUT2D eigenvalue weighted by molar-refractivity contribution is -0.117. The van der Waals surface area contributed by atoms with Gasteiger partial charge in [-0.1, -0.05) is 0 Å². The molecular weight excluding hydrogens is 202 g/mol. The Morgan fingerprint density at radius 3 is 2.71 bits per heavy atom. The van der Waals surface area contributed by atoms with Gasteiger partial charge in [0.1, 0.15) is 5.78 Å². The molecule has 14 heavy (non-hydrogen) atoms. The minimum Gasteiger partial charge on any atom is -0.313 e. The molecule has 1 N–H and O–H groups in total. The van der Waals surface area contributed by atoms with E-state index in [1.165, 1.54) is 0 Å². The van der Waals surface area contributed by atoms with E-state index in [1.54, 1.807) is 6.92 Å². The fraction of sp³-hybridized carbons (Fsp3) is 0.889. The molecular formula is C9H17NO3S. The van der Waals surface area contributed by atoms with E-state index >= 15 is 0 Å². The van der Waals surface area contributed by atoms with Crippen molar-refractivity contribution in [3.8, 4) is 0 Å². The minimum absolute atomic E-state index is 0.104. The molecule has 0 saturated carbocycles. The van der Waals surface area contributed by atoms with E-state index in [0.29, 0.717) is 18.6 Å². The van der Waals surface area contributed by atoms with Gasteiger partial charge in [0.2, 0.25) is 0 Å². The van der Waals surface area contributed by atoms with E-state index in [0.717, 1.165) is 13.0 Å². The molecule has 1 atom stereocenters. The van der Waals surface area contributed by atoms with Gasteiger partial charge < -0.3 is 10.1 Å². The first-order valence-corrected chi connectivity index (χ1v) is 6.75. The lowest BCUT2D eigenvalue weighted by Crippen LogP contribution is -2.30. The zero-order valence-electron chi connectivity index (χ0n) is 8.45. The van der Waals surface area contributed by atoms with E-state index in [-0.39, 0.29) is 17.6 Å². The summed E-state index contributed by atoms with van der Waals surface area (Å²) < 4.78 is 22.2. The quantitative estimate of drug-likeness (QED) is 0.668. The zero-order valence-corrected chi connectivity index (χ0v) is 9.27. The monoisotopic (exact) mass is 219 g/mol. The summed E-state index contributed by atoms with van der Waals surface area (Å²) in [6.45, 7) is 2.31. The number of rotatable bonds is 5. The second kappa shape index (κ2) is 4.89. The summed E-state index contributed by atoms with van der Waals surface area (Å²) in [4.78, 5) is 10.6. The first-order valence-electron chi connectivity index (χ1n) is 4.93. The largest absolute Gasteiger partial charge is 0.313 e. The van der Waals surface area contributed by atoms with Gasteiger partial charge in [0.05, 0.1) is 11.5 Å². The Morgan fingerprint density at radius 2 is 2.21 bits per heavy atom. The van der Waals surface area contributed by atoms with Crippen molar-refractivity contribution in [1.82, 2.24) is 5.32 Å². The van der Waals surface area contributed by atoms with Crippen LogP contribution in [-0.4, -0.2) is 38.3 Å². The molecule has 0 radical (unpaired) electrons. The van der Waals surface area contributed by atoms with Gasteiger partial charge in [0, 0.05) is 12.5 Å². The van der Waals surface area contributed by atoms with Crippen molar-refractivity contribution >= 4 is 15.6 Å². The fourth-order valence-electron chi connectivity index (χ4n) is 1.60. The number of Topliss-reactive ketones (excluding diaryl/α,β-unsaturated/α-hetero) is 1. The fourth-order valence-corrected chi connectivity index (χ4v) is 3.31. The lowest BCUT2D eigenvalue weighted by Gasteiger charge is -2.09. The highest BCUT2D eigenvalue weighted by atomic mass is 32.2. The van der Waals surface area contributed by atoms with E-state index in [4.69, 9.17) is 0 Å². The highest BCUT2D eigenvalue weighted by Crippen LogP contribution is 2.10. The molecule has 0 aromatic heterocycles. The maximum Gasteiger partial charge on any atom is 0.151 e. The Bertz CT molecular complexity index is 297. The molecule has 1 rings (SSSR count). The molecule has 1 saturated heterocycles. The molecule has 1 heterocycles. The normalized spacial score (nSPS) is 25.1. The third kappa shape index (κ3) is 4.19. The van der Waals surface area contributed by atoms with Crippen LogP contribution < -0.4 is 5.32 Å². The van der Waals surface area contributed by atoms with E-state index in [9.17, 15) is 13.2 Å². The molecule has 0 aliphatic carbocycles. The Morgan fingerprint density at radius 1 is 1.50 bits per heavy atom. The van der Waals surface area contributed by atoms with Gasteiger partial charge in [0.15, 0.2) is 9.84 Å². The topological polar surface area (TPSA) is 63.2 Å². The molecule has 0 aromatic carbocycles. The summed E-state index contributed by atoms with van der Waals surface area (Å²) >= 11 is 0. The Balaban J connectivity index is 2.12. The molecule has 0 amide bonds. The highest BCUT2D eigenvalue weighted by Gasteiger charge is 2.26. The highest BCUT2D eigenvalue weighted by molar-refractivity contribution is 7.91. The average molecular weight is 219 g/mol. The second-order valence-electron chi connectivity index (χ2n) is 3.86. The zero-order chi connectivity index (χ0) is 10.6. The summed E-state index contributed by atoms with van der Waals surface area (Å²) in [6.07, 6.45) is 2.08. The van der Waals surface area contributed by atoms with Crippen LogP contribution in [0.25, 0.3) is 0 Å². The molecule has 82 valence electrons. The van der Waals surface area contributed by atoms with Gasteiger partial charge in [-0.15, -0.1) is 0 Å². The number of ketones is 1. The van der Waals surface area contributed by atoms with E-state index in [1.807, 2.05) is 0 Å². The Kier molecular flexibility index (Phi) is 4.07. The van der Waals surface area contributed by atoms with Gasteiger partial charge in [0.25, 0.3) is 0 Å². The van der Waals surface area contributed by atoms with Crippen LogP contribution in [-0.2, 0) is 14.6 Å². The number of hydrogen-bond donors (Lipinski definition) is 1. The molecule has 1 unspecified atom stereocenters. The van der Waals surface area contributed by atoms with Crippen molar-refractivity contribution in [2.45, 2.75) is 32.2 Å². The molecule has 1 aliphatic rings. The molecule has 5 heteroatoms. The van der Waals surface area contributed by atoms with Crippen LogP contribution in [0, 0.1) is 0 Å². The third-order valence-electron chi connectivity index (χ3n) is 2.37. The summed E-state index contributed by atoms with van der Waals surface area (Å²) in [5, 5.41) is 3.16. The van der Waals surface area contributed by atoms with Crippen LogP contribution in [0.5, 0.6) is 0 Å². The Labute approximate surface area is 85.0 Å². The van der Waals surface area contributed by atoms with E-state index in [2.05, 4.69) is 5.32 Å². The summed E-state index contributed by atoms with van der Waals surface area (Å²) in [7, 11) is -2.78. The van der Waals surface area contributed by atoms with Gasteiger partial charge in [-0.05, 0) is 26.3 Å². The van der Waals surface area contributed by atoms with Crippen LogP contribution in [0.4, 0.5) is 0 Å². The predicted octanol–water partition coefficient (Wildman–Crippen LogP) is 0.132. The van der Waals surface area contributed by atoms with Gasteiger partial charge in [-0.2, -0.15) is 0 Å². The van der Waals surface area contributed by atoms with Crippen molar-refractivity contribution < 1.29 is 13.2 Å². The van der Waals surface area contributed by atoms with Crippen molar-refractivity contribution in [2.24, 2.45) is 0 Å². The molecule has 1 aliphatic heterocycles.